The molecule has 2 heterocycles. The first-order valence-electron chi connectivity index (χ1n) is 6.69. The Kier molecular flexibility index (Phi) is 3.59. The zero-order valence-corrected chi connectivity index (χ0v) is 12.9. The van der Waals surface area contributed by atoms with E-state index >= 15 is 0 Å². The monoisotopic (exact) mass is 305 g/mol. The topological polar surface area (TPSA) is 53.1 Å². The number of aryl methyl sites for hydroxylation is 1. The number of hydrogen-bond donors (Lipinski definition) is 0. The zero-order valence-electron chi connectivity index (χ0n) is 12.1. The summed E-state index contributed by atoms with van der Waals surface area (Å²) in [6, 6.07) is 7.72. The fraction of sp³-hybridized carbons (Fsp3) is 0.333. The van der Waals surface area contributed by atoms with E-state index < -0.39 is 0 Å². The van der Waals surface area contributed by atoms with Crippen molar-refractivity contribution in [1.29, 1.82) is 0 Å². The van der Waals surface area contributed by atoms with Crippen LogP contribution >= 0.6 is 11.6 Å². The van der Waals surface area contributed by atoms with Crippen molar-refractivity contribution in [2.24, 2.45) is 0 Å². The molecular weight excluding hydrogens is 290 g/mol. The second kappa shape index (κ2) is 5.41. The van der Waals surface area contributed by atoms with Gasteiger partial charge in [-0.05, 0) is 26.0 Å². The van der Waals surface area contributed by atoms with Crippen LogP contribution in [0.25, 0.3) is 11.0 Å². The van der Waals surface area contributed by atoms with E-state index in [2.05, 4.69) is 14.7 Å². The van der Waals surface area contributed by atoms with Gasteiger partial charge in [0.15, 0.2) is 0 Å². The number of methoxy groups -OCH3 is 1. The van der Waals surface area contributed by atoms with Crippen molar-refractivity contribution in [3.63, 3.8) is 0 Å². The molecule has 0 aliphatic rings. The van der Waals surface area contributed by atoms with E-state index in [0.717, 1.165) is 34.1 Å². The molecule has 1 atom stereocenters. The molecule has 0 saturated heterocycles. The maximum absolute atomic E-state index is 6.27. The number of rotatable bonds is 4. The molecule has 0 saturated carbocycles. The minimum Gasteiger partial charge on any atom is -0.497 e. The lowest BCUT2D eigenvalue weighted by molar-refractivity contribution is 0.389. The Hall–Kier alpha value is -2.01. The molecule has 0 spiro atoms. The molecule has 1 aromatic carbocycles. The molecule has 21 heavy (non-hydrogen) atoms. The van der Waals surface area contributed by atoms with Gasteiger partial charge in [0.25, 0.3) is 0 Å². The van der Waals surface area contributed by atoms with Gasteiger partial charge in [-0.25, -0.2) is 4.98 Å². The summed E-state index contributed by atoms with van der Waals surface area (Å²) in [5.41, 5.74) is 2.71. The summed E-state index contributed by atoms with van der Waals surface area (Å²) in [5.74, 6) is 2.37. The molecule has 1 unspecified atom stereocenters. The fourth-order valence-electron chi connectivity index (χ4n) is 2.38. The summed E-state index contributed by atoms with van der Waals surface area (Å²) in [7, 11) is 1.64. The maximum atomic E-state index is 6.27. The number of aromatic nitrogens is 3. The van der Waals surface area contributed by atoms with Gasteiger partial charge in [-0.2, -0.15) is 0 Å². The molecule has 110 valence electrons. The van der Waals surface area contributed by atoms with Crippen molar-refractivity contribution < 1.29 is 9.26 Å². The normalized spacial score (nSPS) is 12.8. The Labute approximate surface area is 127 Å². The summed E-state index contributed by atoms with van der Waals surface area (Å²) in [6.07, 6.45) is 0. The average Bonchev–Trinajstić information content (AvgIpc) is 3.03. The van der Waals surface area contributed by atoms with Crippen LogP contribution in [0.4, 0.5) is 0 Å². The summed E-state index contributed by atoms with van der Waals surface area (Å²) in [4.78, 5) is 4.62. The quantitative estimate of drug-likeness (QED) is 0.690. The van der Waals surface area contributed by atoms with Crippen LogP contribution in [-0.4, -0.2) is 21.8 Å². The smallest absolute Gasteiger partial charge is 0.133 e. The minimum atomic E-state index is -0.198. The van der Waals surface area contributed by atoms with Crippen molar-refractivity contribution in [3.8, 4) is 5.75 Å². The van der Waals surface area contributed by atoms with Gasteiger partial charge in [-0.15, -0.1) is 11.6 Å². The van der Waals surface area contributed by atoms with Crippen LogP contribution in [-0.2, 0) is 6.54 Å². The highest BCUT2D eigenvalue weighted by Gasteiger charge is 2.16. The number of alkyl halides is 1. The molecule has 3 rings (SSSR count). The Bertz CT molecular complexity index is 776. The van der Waals surface area contributed by atoms with E-state index in [0.29, 0.717) is 6.54 Å². The number of halogens is 1. The Balaban J connectivity index is 2.11. The highest BCUT2D eigenvalue weighted by molar-refractivity contribution is 6.20. The number of ether oxygens (including phenoxy) is 1. The van der Waals surface area contributed by atoms with Gasteiger partial charge in [0.2, 0.25) is 0 Å². The average molecular weight is 306 g/mol. The van der Waals surface area contributed by atoms with E-state index in [1.54, 1.807) is 7.11 Å². The number of fused-ring (bicyclic) bond motifs is 1. The number of benzene rings is 1. The summed E-state index contributed by atoms with van der Waals surface area (Å²) < 4.78 is 12.4. The molecule has 2 aromatic heterocycles. The summed E-state index contributed by atoms with van der Waals surface area (Å²) in [5, 5.41) is 3.84. The van der Waals surface area contributed by atoms with Gasteiger partial charge in [0.05, 0.1) is 30.1 Å². The molecule has 6 heteroatoms. The van der Waals surface area contributed by atoms with Crippen LogP contribution in [0.2, 0.25) is 0 Å². The standard InChI is InChI=1S/C15H16ClN3O2/c1-9-6-11(18-21-9)8-19-14-5-4-12(20-3)7-13(14)17-15(19)10(2)16/h4-7,10H,8H2,1-3H3. The first-order chi connectivity index (χ1) is 10.1. The zero-order chi connectivity index (χ0) is 15.0. The Morgan fingerprint density at radius 2 is 2.19 bits per heavy atom. The number of hydrogen-bond acceptors (Lipinski definition) is 4. The molecule has 0 bridgehead atoms. The van der Waals surface area contributed by atoms with Crippen molar-refractivity contribution in [2.45, 2.75) is 25.8 Å². The van der Waals surface area contributed by atoms with Crippen molar-refractivity contribution >= 4 is 22.6 Å². The highest BCUT2D eigenvalue weighted by Crippen LogP contribution is 2.27. The van der Waals surface area contributed by atoms with Crippen molar-refractivity contribution in [2.75, 3.05) is 7.11 Å². The lowest BCUT2D eigenvalue weighted by atomic mass is 10.3. The molecule has 0 aliphatic carbocycles. The first-order valence-corrected chi connectivity index (χ1v) is 7.12. The van der Waals surface area contributed by atoms with E-state index in [1.807, 2.05) is 38.1 Å². The summed E-state index contributed by atoms with van der Waals surface area (Å²) >= 11 is 6.27. The van der Waals surface area contributed by atoms with Gasteiger partial charge in [0, 0.05) is 12.1 Å². The minimum absolute atomic E-state index is 0.198. The molecule has 0 amide bonds. The lowest BCUT2D eigenvalue weighted by Gasteiger charge is -2.08. The van der Waals surface area contributed by atoms with E-state index in [9.17, 15) is 0 Å². The maximum Gasteiger partial charge on any atom is 0.133 e. The van der Waals surface area contributed by atoms with Crippen LogP contribution in [0.3, 0.4) is 0 Å². The predicted molar refractivity (Wildman–Crippen MR) is 80.9 cm³/mol. The van der Waals surface area contributed by atoms with Gasteiger partial charge in [0.1, 0.15) is 23.0 Å². The van der Waals surface area contributed by atoms with Crippen LogP contribution in [0.1, 0.15) is 29.6 Å². The van der Waals surface area contributed by atoms with Gasteiger partial charge >= 0.3 is 0 Å². The largest absolute Gasteiger partial charge is 0.497 e. The van der Waals surface area contributed by atoms with Crippen molar-refractivity contribution in [1.82, 2.24) is 14.7 Å². The van der Waals surface area contributed by atoms with Gasteiger partial charge in [-0.1, -0.05) is 5.16 Å². The lowest BCUT2D eigenvalue weighted by Crippen LogP contribution is -2.06. The molecule has 0 fully saturated rings. The Morgan fingerprint density at radius 1 is 1.38 bits per heavy atom. The van der Waals surface area contributed by atoms with Crippen LogP contribution in [0.15, 0.2) is 28.8 Å². The predicted octanol–water partition coefficient (Wildman–Crippen LogP) is 3.69. The SMILES string of the molecule is COc1ccc2c(c1)nc(C(C)Cl)n2Cc1cc(C)on1. The second-order valence-corrected chi connectivity index (χ2v) is 5.61. The molecule has 3 aromatic rings. The Morgan fingerprint density at radius 3 is 2.81 bits per heavy atom. The van der Waals surface area contributed by atoms with Crippen LogP contribution in [0, 0.1) is 6.92 Å². The molecule has 0 N–H and O–H groups in total. The van der Waals surface area contributed by atoms with Crippen LogP contribution in [0.5, 0.6) is 5.75 Å². The number of nitrogens with zero attached hydrogens (tertiary/aromatic N) is 3. The van der Waals surface area contributed by atoms with Gasteiger partial charge in [-0.3, -0.25) is 0 Å². The molecule has 0 radical (unpaired) electrons. The number of imidazole rings is 1. The molecule has 5 nitrogen and oxygen atoms in total. The van der Waals surface area contributed by atoms with E-state index in [-0.39, 0.29) is 5.38 Å². The molecular formula is C15H16ClN3O2. The second-order valence-electron chi connectivity index (χ2n) is 4.96. The fourth-order valence-corrected chi connectivity index (χ4v) is 2.55. The molecule has 0 aliphatic heterocycles. The third-order valence-electron chi connectivity index (χ3n) is 3.34. The summed E-state index contributed by atoms with van der Waals surface area (Å²) in [6.45, 7) is 4.36. The van der Waals surface area contributed by atoms with Crippen molar-refractivity contribution in [3.05, 3.63) is 41.5 Å². The highest BCUT2D eigenvalue weighted by atomic mass is 35.5. The van der Waals surface area contributed by atoms with Gasteiger partial charge < -0.3 is 13.8 Å². The van der Waals surface area contributed by atoms with Crippen LogP contribution < -0.4 is 4.74 Å². The third kappa shape index (κ3) is 2.61. The van der Waals surface area contributed by atoms with E-state index in [1.165, 1.54) is 0 Å². The third-order valence-corrected chi connectivity index (χ3v) is 3.53. The first kappa shape index (κ1) is 13.9. The van der Waals surface area contributed by atoms with E-state index in [4.69, 9.17) is 20.9 Å².